The SMILES string of the molecule is CC(=O)c1ccc(OCC(=O)Nc2cc(OCc3ccccc3)ncn2)cc1. The Labute approximate surface area is 162 Å². The minimum Gasteiger partial charge on any atom is -0.484 e. The van der Waals surface area contributed by atoms with Crippen LogP contribution in [-0.2, 0) is 11.4 Å². The first-order valence-corrected chi connectivity index (χ1v) is 8.62. The van der Waals surface area contributed by atoms with Gasteiger partial charge in [0.2, 0.25) is 5.88 Å². The van der Waals surface area contributed by atoms with Crippen LogP contribution in [0.5, 0.6) is 11.6 Å². The number of ether oxygens (including phenoxy) is 2. The van der Waals surface area contributed by atoms with E-state index < -0.39 is 0 Å². The lowest BCUT2D eigenvalue weighted by Gasteiger charge is -2.09. The summed E-state index contributed by atoms with van der Waals surface area (Å²) in [7, 11) is 0. The minimum absolute atomic E-state index is 0.0293. The van der Waals surface area contributed by atoms with E-state index >= 15 is 0 Å². The van der Waals surface area contributed by atoms with Crippen LogP contribution in [-0.4, -0.2) is 28.3 Å². The Balaban J connectivity index is 1.50. The first-order valence-electron chi connectivity index (χ1n) is 8.62. The summed E-state index contributed by atoms with van der Waals surface area (Å²) in [5.74, 6) is 0.768. The fraction of sp³-hybridized carbons (Fsp3) is 0.143. The summed E-state index contributed by atoms with van der Waals surface area (Å²) in [4.78, 5) is 31.4. The number of benzene rings is 2. The zero-order chi connectivity index (χ0) is 19.8. The molecular formula is C21H19N3O4. The van der Waals surface area contributed by atoms with Crippen LogP contribution in [0.25, 0.3) is 0 Å². The summed E-state index contributed by atoms with van der Waals surface area (Å²) in [6, 6.07) is 17.8. The lowest BCUT2D eigenvalue weighted by molar-refractivity contribution is -0.118. The molecule has 7 nitrogen and oxygen atoms in total. The smallest absolute Gasteiger partial charge is 0.263 e. The molecule has 3 rings (SSSR count). The third-order valence-electron chi connectivity index (χ3n) is 3.77. The summed E-state index contributed by atoms with van der Waals surface area (Å²) >= 11 is 0. The number of carbonyl (C=O) groups excluding carboxylic acids is 2. The zero-order valence-corrected chi connectivity index (χ0v) is 15.3. The third-order valence-corrected chi connectivity index (χ3v) is 3.77. The van der Waals surface area contributed by atoms with Gasteiger partial charge in [-0.05, 0) is 36.8 Å². The van der Waals surface area contributed by atoms with Crippen molar-refractivity contribution in [2.75, 3.05) is 11.9 Å². The second-order valence-electron chi connectivity index (χ2n) is 5.93. The number of ketones is 1. The molecule has 0 saturated heterocycles. The molecule has 0 aliphatic heterocycles. The quantitative estimate of drug-likeness (QED) is 0.606. The number of hydrogen-bond donors (Lipinski definition) is 1. The second kappa shape index (κ2) is 9.27. The molecule has 142 valence electrons. The number of carbonyl (C=O) groups is 2. The summed E-state index contributed by atoms with van der Waals surface area (Å²) < 4.78 is 11.0. The van der Waals surface area contributed by atoms with E-state index in [4.69, 9.17) is 9.47 Å². The highest BCUT2D eigenvalue weighted by molar-refractivity contribution is 5.94. The first kappa shape index (κ1) is 19.0. The van der Waals surface area contributed by atoms with E-state index in [1.807, 2.05) is 30.3 Å². The molecule has 0 spiro atoms. The number of anilines is 1. The molecule has 1 amide bonds. The molecule has 0 aliphatic carbocycles. The van der Waals surface area contributed by atoms with Crippen LogP contribution in [0.2, 0.25) is 0 Å². The number of nitrogens with one attached hydrogen (secondary N) is 1. The third kappa shape index (κ3) is 5.63. The van der Waals surface area contributed by atoms with Crippen molar-refractivity contribution in [2.45, 2.75) is 13.5 Å². The predicted octanol–water partition coefficient (Wildman–Crippen LogP) is 3.28. The van der Waals surface area contributed by atoms with Gasteiger partial charge in [0, 0.05) is 11.6 Å². The Kier molecular flexibility index (Phi) is 6.30. The Morgan fingerprint density at radius 2 is 1.71 bits per heavy atom. The molecule has 1 heterocycles. The molecular weight excluding hydrogens is 358 g/mol. The van der Waals surface area contributed by atoms with E-state index in [1.165, 1.54) is 13.3 Å². The van der Waals surface area contributed by atoms with Gasteiger partial charge in [0.05, 0.1) is 0 Å². The summed E-state index contributed by atoms with van der Waals surface area (Å²) in [6.45, 7) is 1.66. The van der Waals surface area contributed by atoms with E-state index in [1.54, 1.807) is 30.3 Å². The standard InChI is InChI=1S/C21H19N3O4/c1-15(25)17-7-9-18(10-8-17)27-13-20(26)24-19-11-21(23-14-22-19)28-12-16-5-3-2-4-6-16/h2-11,14H,12-13H2,1H3,(H,22,23,24,26). The van der Waals surface area contributed by atoms with Crippen LogP contribution in [0.4, 0.5) is 5.82 Å². The van der Waals surface area contributed by atoms with Crippen molar-refractivity contribution >= 4 is 17.5 Å². The van der Waals surface area contributed by atoms with Crippen molar-refractivity contribution in [1.29, 1.82) is 0 Å². The van der Waals surface area contributed by atoms with Crippen LogP contribution < -0.4 is 14.8 Å². The maximum absolute atomic E-state index is 12.1. The highest BCUT2D eigenvalue weighted by atomic mass is 16.5. The molecule has 7 heteroatoms. The van der Waals surface area contributed by atoms with Gasteiger partial charge in [-0.3, -0.25) is 9.59 Å². The molecule has 1 N–H and O–H groups in total. The molecule has 0 bridgehead atoms. The average Bonchev–Trinajstić information content (AvgIpc) is 2.72. The number of rotatable bonds is 8. The topological polar surface area (TPSA) is 90.4 Å². The predicted molar refractivity (Wildman–Crippen MR) is 103 cm³/mol. The van der Waals surface area contributed by atoms with Gasteiger partial charge in [-0.1, -0.05) is 30.3 Å². The normalized spacial score (nSPS) is 10.2. The number of Topliss-reactive ketones (excluding diaryl/α,β-unsaturated/α-hetero) is 1. The molecule has 28 heavy (non-hydrogen) atoms. The van der Waals surface area contributed by atoms with Gasteiger partial charge in [0.25, 0.3) is 5.91 Å². The van der Waals surface area contributed by atoms with Crippen LogP contribution in [0, 0.1) is 0 Å². The number of nitrogens with zero attached hydrogens (tertiary/aromatic N) is 2. The molecule has 0 aliphatic rings. The highest BCUT2D eigenvalue weighted by Gasteiger charge is 2.07. The molecule has 1 aromatic heterocycles. The molecule has 0 atom stereocenters. The van der Waals surface area contributed by atoms with E-state index in [9.17, 15) is 9.59 Å². The number of hydrogen-bond acceptors (Lipinski definition) is 6. The van der Waals surface area contributed by atoms with E-state index in [2.05, 4.69) is 15.3 Å². The molecule has 0 unspecified atom stereocenters. The van der Waals surface area contributed by atoms with Crippen LogP contribution in [0.15, 0.2) is 67.0 Å². The summed E-state index contributed by atoms with van der Waals surface area (Å²) in [6.07, 6.45) is 1.32. The maximum Gasteiger partial charge on any atom is 0.263 e. The lowest BCUT2D eigenvalue weighted by Crippen LogP contribution is -2.20. The van der Waals surface area contributed by atoms with Crippen molar-refractivity contribution in [3.63, 3.8) is 0 Å². The van der Waals surface area contributed by atoms with Crippen molar-refractivity contribution in [3.8, 4) is 11.6 Å². The van der Waals surface area contributed by atoms with Crippen LogP contribution in [0.1, 0.15) is 22.8 Å². The maximum atomic E-state index is 12.1. The van der Waals surface area contributed by atoms with Gasteiger partial charge in [-0.15, -0.1) is 0 Å². The van der Waals surface area contributed by atoms with Gasteiger partial charge in [0.15, 0.2) is 12.4 Å². The van der Waals surface area contributed by atoms with Crippen molar-refractivity contribution in [2.24, 2.45) is 0 Å². The molecule has 0 fully saturated rings. The highest BCUT2D eigenvalue weighted by Crippen LogP contribution is 2.14. The fourth-order valence-electron chi connectivity index (χ4n) is 2.33. The Bertz CT molecular complexity index is 943. The Morgan fingerprint density at radius 1 is 0.964 bits per heavy atom. The van der Waals surface area contributed by atoms with E-state index in [0.29, 0.717) is 29.6 Å². The zero-order valence-electron chi connectivity index (χ0n) is 15.3. The largest absolute Gasteiger partial charge is 0.484 e. The van der Waals surface area contributed by atoms with Gasteiger partial charge >= 0.3 is 0 Å². The van der Waals surface area contributed by atoms with Gasteiger partial charge in [0.1, 0.15) is 24.5 Å². The number of aromatic nitrogens is 2. The fourth-order valence-corrected chi connectivity index (χ4v) is 2.33. The van der Waals surface area contributed by atoms with Gasteiger partial charge in [-0.25, -0.2) is 9.97 Å². The van der Waals surface area contributed by atoms with E-state index in [-0.39, 0.29) is 18.3 Å². The minimum atomic E-state index is -0.372. The van der Waals surface area contributed by atoms with Gasteiger partial charge in [-0.2, -0.15) is 0 Å². The average molecular weight is 377 g/mol. The Morgan fingerprint density at radius 3 is 2.43 bits per heavy atom. The first-order chi connectivity index (χ1) is 13.6. The van der Waals surface area contributed by atoms with E-state index in [0.717, 1.165) is 5.56 Å². The van der Waals surface area contributed by atoms with Crippen molar-refractivity contribution in [1.82, 2.24) is 9.97 Å². The molecule has 0 saturated carbocycles. The van der Waals surface area contributed by atoms with Gasteiger partial charge < -0.3 is 14.8 Å². The van der Waals surface area contributed by atoms with Crippen LogP contribution >= 0.6 is 0 Å². The Hall–Kier alpha value is -3.74. The molecule has 3 aromatic rings. The molecule has 2 aromatic carbocycles. The monoisotopic (exact) mass is 377 g/mol. The van der Waals surface area contributed by atoms with Crippen molar-refractivity contribution in [3.05, 3.63) is 78.1 Å². The van der Waals surface area contributed by atoms with Crippen molar-refractivity contribution < 1.29 is 19.1 Å². The summed E-state index contributed by atoms with van der Waals surface area (Å²) in [5.41, 5.74) is 1.59. The number of amides is 1. The summed E-state index contributed by atoms with van der Waals surface area (Å²) in [5, 5.41) is 2.63. The van der Waals surface area contributed by atoms with Crippen LogP contribution in [0.3, 0.4) is 0 Å². The lowest BCUT2D eigenvalue weighted by atomic mass is 10.1. The second-order valence-corrected chi connectivity index (χ2v) is 5.93. The molecule has 0 radical (unpaired) electrons.